The van der Waals surface area contributed by atoms with Gasteiger partial charge in [0.05, 0.1) is 0 Å². The molecule has 0 saturated heterocycles. The molecule has 0 radical (unpaired) electrons. The summed E-state index contributed by atoms with van der Waals surface area (Å²) in [6.07, 6.45) is 1.38. The fraction of sp³-hybridized carbons (Fsp3) is 0.111. The average molecular weight is 855 g/mol. The SMILES string of the molecule is CC1(C)c2ccccc2-c2ccc(N(c3ccc(-c4ccc(-c5ccc(-c6ccc(/C=C(/C#N)C(=O)O)s6)c6nonc56)s4)cc3)c3ccc4c(c3)C(C)(C)c3ccccc3-4)cc21. The zero-order valence-electron chi connectivity index (χ0n) is 34.8. The molecule has 0 saturated carbocycles. The van der Waals surface area contributed by atoms with Gasteiger partial charge in [-0.05, 0) is 127 Å². The Bertz CT molecular complexity index is 3310. The first-order chi connectivity index (χ1) is 30.5. The van der Waals surface area contributed by atoms with Crippen LogP contribution in [0, 0.1) is 11.3 Å². The molecular formula is C54H38N4O3S2. The first kappa shape index (κ1) is 38.5. The highest BCUT2D eigenvalue weighted by atomic mass is 32.1. The number of nitriles is 1. The van der Waals surface area contributed by atoms with Crippen LogP contribution in [0.3, 0.4) is 0 Å². The van der Waals surface area contributed by atoms with Crippen LogP contribution in [-0.4, -0.2) is 21.4 Å². The molecule has 0 amide bonds. The molecule has 0 unspecified atom stereocenters. The Morgan fingerprint density at radius 1 is 0.587 bits per heavy atom. The molecule has 2 aliphatic carbocycles. The summed E-state index contributed by atoms with van der Waals surface area (Å²) in [6, 6.07) is 54.1. The zero-order chi connectivity index (χ0) is 43.2. The first-order valence-electron chi connectivity index (χ1n) is 20.7. The lowest BCUT2D eigenvalue weighted by atomic mass is 9.82. The Balaban J connectivity index is 0.950. The minimum atomic E-state index is -1.26. The van der Waals surface area contributed by atoms with E-state index in [-0.39, 0.29) is 16.4 Å². The fourth-order valence-corrected chi connectivity index (χ4v) is 11.7. The van der Waals surface area contributed by atoms with Crippen molar-refractivity contribution in [1.29, 1.82) is 5.26 Å². The molecule has 0 bridgehead atoms. The van der Waals surface area contributed by atoms with Crippen LogP contribution in [0.5, 0.6) is 0 Å². The van der Waals surface area contributed by atoms with E-state index in [0.29, 0.717) is 15.9 Å². The molecular weight excluding hydrogens is 817 g/mol. The van der Waals surface area contributed by atoms with E-state index in [2.05, 4.69) is 164 Å². The van der Waals surface area contributed by atoms with Crippen molar-refractivity contribution in [3.05, 3.63) is 178 Å². The van der Waals surface area contributed by atoms with E-state index >= 15 is 0 Å². The van der Waals surface area contributed by atoms with Crippen molar-refractivity contribution in [3.8, 4) is 59.6 Å². The summed E-state index contributed by atoms with van der Waals surface area (Å²) in [7, 11) is 0. The van der Waals surface area contributed by atoms with Crippen LogP contribution in [0.25, 0.3) is 70.7 Å². The van der Waals surface area contributed by atoms with E-state index in [1.54, 1.807) is 23.5 Å². The Kier molecular flexibility index (Phi) is 8.78. The highest BCUT2D eigenvalue weighted by Gasteiger charge is 2.37. The van der Waals surface area contributed by atoms with E-state index in [1.807, 2.05) is 18.2 Å². The van der Waals surface area contributed by atoms with Gasteiger partial charge < -0.3 is 10.0 Å². The molecule has 63 heavy (non-hydrogen) atoms. The van der Waals surface area contributed by atoms with Crippen LogP contribution in [0.1, 0.15) is 54.8 Å². The second kappa shape index (κ2) is 14.3. The number of benzene rings is 6. The standard InChI is InChI=1S/C54H38N4O3S2/c1-53(2)43-11-7-5-9-37(43)39-20-17-34(28-45(39)53)58(35-18-21-40-38-10-6-8-12-44(38)54(3,4)46(40)29-35)33-15-13-31(14-16-33)47-25-26-49(63-47)42-23-22-41(50-51(42)57-61-56-50)48-24-19-36(62-48)27-32(30-55)52(59)60/h5-29H,1-4H3,(H,59,60)/b32-27-. The van der Waals surface area contributed by atoms with Gasteiger partial charge >= 0.3 is 5.97 Å². The molecule has 9 heteroatoms. The highest BCUT2D eigenvalue weighted by molar-refractivity contribution is 7.19. The van der Waals surface area contributed by atoms with Gasteiger partial charge in [-0.15, -0.1) is 22.7 Å². The summed E-state index contributed by atoms with van der Waals surface area (Å²) in [6.45, 7) is 9.33. The number of nitrogens with zero attached hydrogens (tertiary/aromatic N) is 4. The Labute approximate surface area is 372 Å². The molecule has 0 spiro atoms. The molecule has 0 atom stereocenters. The Morgan fingerprint density at radius 3 is 1.62 bits per heavy atom. The summed E-state index contributed by atoms with van der Waals surface area (Å²) in [5, 5.41) is 27.1. The number of carboxylic acid groups (broad SMARTS) is 1. The number of fused-ring (bicyclic) bond motifs is 7. The predicted molar refractivity (Wildman–Crippen MR) is 255 cm³/mol. The number of rotatable bonds is 8. The van der Waals surface area contributed by atoms with Crippen LogP contribution in [0.15, 0.2) is 156 Å². The lowest BCUT2D eigenvalue weighted by Gasteiger charge is -2.30. The normalized spacial score (nSPS) is 14.2. The second-order valence-corrected chi connectivity index (χ2v) is 19.3. The number of anilines is 3. The number of hydrogen-bond acceptors (Lipinski definition) is 8. The topological polar surface area (TPSA) is 103 Å². The van der Waals surface area contributed by atoms with Crippen molar-refractivity contribution < 1.29 is 14.5 Å². The average Bonchev–Trinajstić information content (AvgIpc) is 4.15. The van der Waals surface area contributed by atoms with Crippen LogP contribution in [-0.2, 0) is 15.6 Å². The van der Waals surface area contributed by atoms with Crippen molar-refractivity contribution in [2.24, 2.45) is 0 Å². The van der Waals surface area contributed by atoms with Gasteiger partial charge in [0.2, 0.25) is 0 Å². The van der Waals surface area contributed by atoms with E-state index in [4.69, 9.17) is 4.63 Å². The molecule has 2 aliphatic rings. The second-order valence-electron chi connectivity index (χ2n) is 17.1. The molecule has 0 fully saturated rings. The lowest BCUT2D eigenvalue weighted by molar-refractivity contribution is -0.132. The van der Waals surface area contributed by atoms with Gasteiger partial charge in [-0.25, -0.2) is 9.42 Å². The Hall–Kier alpha value is -7.38. The molecule has 0 aliphatic heterocycles. The summed E-state index contributed by atoms with van der Waals surface area (Å²) in [4.78, 5) is 17.5. The number of carbonyl (C=O) groups is 1. The first-order valence-corrected chi connectivity index (χ1v) is 22.3. The largest absolute Gasteiger partial charge is 0.477 e. The van der Waals surface area contributed by atoms with Crippen molar-refractivity contribution in [3.63, 3.8) is 0 Å². The number of carboxylic acids is 1. The third kappa shape index (κ3) is 6.09. The zero-order valence-corrected chi connectivity index (χ0v) is 36.4. The van der Waals surface area contributed by atoms with Crippen LogP contribution in [0.4, 0.5) is 17.1 Å². The van der Waals surface area contributed by atoms with Gasteiger partial charge in [0.15, 0.2) is 0 Å². The molecule has 3 heterocycles. The van der Waals surface area contributed by atoms with Crippen LogP contribution < -0.4 is 4.90 Å². The van der Waals surface area contributed by atoms with Gasteiger partial charge in [-0.1, -0.05) is 113 Å². The minimum absolute atomic E-state index is 0.138. The summed E-state index contributed by atoms with van der Waals surface area (Å²) in [5.74, 6) is -1.26. The number of aromatic nitrogens is 2. The molecule has 7 nitrogen and oxygen atoms in total. The molecule has 1 N–H and O–H groups in total. The number of thiophene rings is 2. The van der Waals surface area contributed by atoms with E-state index in [1.165, 1.54) is 61.9 Å². The van der Waals surface area contributed by atoms with E-state index < -0.39 is 5.97 Å². The van der Waals surface area contributed by atoms with Crippen molar-refractivity contribution >= 4 is 62.8 Å². The fourth-order valence-electron chi connectivity index (χ4n) is 9.65. The third-order valence-electron chi connectivity index (χ3n) is 12.9. The molecule has 3 aromatic heterocycles. The Morgan fingerprint density at radius 2 is 1.06 bits per heavy atom. The van der Waals surface area contributed by atoms with Crippen molar-refractivity contribution in [2.75, 3.05) is 4.90 Å². The highest BCUT2D eigenvalue weighted by Crippen LogP contribution is 2.53. The number of hydrogen-bond donors (Lipinski definition) is 1. The maximum absolute atomic E-state index is 11.4. The van der Waals surface area contributed by atoms with Gasteiger partial charge in [0.25, 0.3) is 0 Å². The monoisotopic (exact) mass is 854 g/mol. The van der Waals surface area contributed by atoms with Gasteiger partial charge in [0.1, 0.15) is 22.7 Å². The molecule has 11 rings (SSSR count). The van der Waals surface area contributed by atoms with Crippen LogP contribution in [0.2, 0.25) is 0 Å². The lowest BCUT2D eigenvalue weighted by Crippen LogP contribution is -2.18. The van der Waals surface area contributed by atoms with Crippen LogP contribution >= 0.6 is 22.7 Å². The summed E-state index contributed by atoms with van der Waals surface area (Å²) < 4.78 is 5.29. The van der Waals surface area contributed by atoms with E-state index in [0.717, 1.165) is 48.4 Å². The summed E-state index contributed by atoms with van der Waals surface area (Å²) in [5.41, 5.74) is 17.4. The maximum atomic E-state index is 11.4. The smallest absolute Gasteiger partial charge is 0.346 e. The molecule has 6 aromatic carbocycles. The van der Waals surface area contributed by atoms with Crippen molar-refractivity contribution in [1.82, 2.24) is 10.3 Å². The van der Waals surface area contributed by atoms with Crippen molar-refractivity contribution in [2.45, 2.75) is 38.5 Å². The van der Waals surface area contributed by atoms with Gasteiger partial charge in [-0.3, -0.25) is 0 Å². The molecule has 304 valence electrons. The van der Waals surface area contributed by atoms with Gasteiger partial charge in [-0.2, -0.15) is 5.26 Å². The summed E-state index contributed by atoms with van der Waals surface area (Å²) >= 11 is 3.05. The third-order valence-corrected chi connectivity index (χ3v) is 15.1. The van der Waals surface area contributed by atoms with E-state index in [9.17, 15) is 15.2 Å². The quantitative estimate of drug-likeness (QED) is 0.120. The number of aliphatic carboxylic acids is 1. The maximum Gasteiger partial charge on any atom is 0.346 e. The predicted octanol–water partition coefficient (Wildman–Crippen LogP) is 14.4. The molecule has 9 aromatic rings. The minimum Gasteiger partial charge on any atom is -0.477 e. The van der Waals surface area contributed by atoms with Gasteiger partial charge in [0, 0.05) is 58.5 Å².